The van der Waals surface area contributed by atoms with E-state index in [0.29, 0.717) is 13.0 Å². The number of benzene rings is 1. The monoisotopic (exact) mass is 252 g/mol. The van der Waals surface area contributed by atoms with Crippen LogP contribution in [0.2, 0.25) is 0 Å². The van der Waals surface area contributed by atoms with Crippen molar-refractivity contribution in [2.24, 2.45) is 5.73 Å². The van der Waals surface area contributed by atoms with Crippen LogP contribution in [0.15, 0.2) is 24.3 Å². The van der Waals surface area contributed by atoms with Crippen LogP contribution in [-0.4, -0.2) is 43.3 Å². The minimum Gasteiger partial charge on any atom is -0.379 e. The van der Waals surface area contributed by atoms with Crippen molar-refractivity contribution in [2.45, 2.75) is 18.9 Å². The molecule has 0 saturated carbocycles. The number of hydrogen-bond donors (Lipinski definition) is 1. The first-order valence-corrected chi connectivity index (χ1v) is 6.42. The van der Waals surface area contributed by atoms with Gasteiger partial charge in [0.2, 0.25) is 0 Å². The number of rotatable bonds is 4. The lowest BCUT2D eigenvalue weighted by atomic mass is 9.90. The predicted octanol–water partition coefficient (Wildman–Crippen LogP) is 1.42. The summed E-state index contributed by atoms with van der Waals surface area (Å²) in [4.78, 5) is 2.31. The lowest BCUT2D eigenvalue weighted by Crippen LogP contribution is -2.57. The SMILES string of the molecule is CC(CN)(Cc1ccccc1F)N1CCOCC1. The Balaban J connectivity index is 2.14. The Hall–Kier alpha value is -0.970. The standard InChI is InChI=1S/C14H21FN2O/c1-14(11-16,17-6-8-18-9-7-17)10-12-4-2-3-5-13(12)15/h2-5H,6-11,16H2,1H3. The molecule has 1 saturated heterocycles. The van der Waals surface area contributed by atoms with Crippen LogP contribution in [0, 0.1) is 5.82 Å². The molecule has 0 aliphatic carbocycles. The van der Waals surface area contributed by atoms with E-state index >= 15 is 0 Å². The zero-order valence-corrected chi connectivity index (χ0v) is 10.9. The van der Waals surface area contributed by atoms with Gasteiger partial charge in [-0.15, -0.1) is 0 Å². The van der Waals surface area contributed by atoms with E-state index < -0.39 is 0 Å². The summed E-state index contributed by atoms with van der Waals surface area (Å²) >= 11 is 0. The molecular weight excluding hydrogens is 231 g/mol. The highest BCUT2D eigenvalue weighted by Crippen LogP contribution is 2.22. The van der Waals surface area contributed by atoms with Gasteiger partial charge in [-0.05, 0) is 25.0 Å². The second-order valence-electron chi connectivity index (χ2n) is 5.07. The van der Waals surface area contributed by atoms with Crippen molar-refractivity contribution < 1.29 is 9.13 Å². The molecule has 0 bridgehead atoms. The van der Waals surface area contributed by atoms with Crippen LogP contribution in [0.5, 0.6) is 0 Å². The number of hydrogen-bond acceptors (Lipinski definition) is 3. The molecular formula is C14H21FN2O. The van der Waals surface area contributed by atoms with Gasteiger partial charge in [-0.3, -0.25) is 4.90 Å². The number of nitrogens with zero attached hydrogens (tertiary/aromatic N) is 1. The zero-order chi connectivity index (χ0) is 13.0. The average molecular weight is 252 g/mol. The van der Waals surface area contributed by atoms with Crippen LogP contribution in [0.1, 0.15) is 12.5 Å². The number of nitrogens with two attached hydrogens (primary N) is 1. The quantitative estimate of drug-likeness (QED) is 0.880. The first kappa shape index (κ1) is 13.5. The maximum atomic E-state index is 13.7. The summed E-state index contributed by atoms with van der Waals surface area (Å²) < 4.78 is 19.1. The summed E-state index contributed by atoms with van der Waals surface area (Å²) in [5.41, 5.74) is 6.46. The Morgan fingerprint density at radius 1 is 1.33 bits per heavy atom. The third-order valence-corrected chi connectivity index (χ3v) is 3.74. The van der Waals surface area contributed by atoms with E-state index in [2.05, 4.69) is 11.8 Å². The number of morpholine rings is 1. The van der Waals surface area contributed by atoms with Crippen molar-refractivity contribution in [3.8, 4) is 0 Å². The fraction of sp³-hybridized carbons (Fsp3) is 0.571. The molecule has 1 aromatic carbocycles. The first-order chi connectivity index (χ1) is 8.65. The Bertz CT molecular complexity index is 393. The fourth-order valence-corrected chi connectivity index (χ4v) is 2.47. The summed E-state index contributed by atoms with van der Waals surface area (Å²) in [5.74, 6) is -0.148. The highest BCUT2D eigenvalue weighted by Gasteiger charge is 2.32. The van der Waals surface area contributed by atoms with E-state index in [1.807, 2.05) is 12.1 Å². The maximum Gasteiger partial charge on any atom is 0.126 e. The van der Waals surface area contributed by atoms with Crippen LogP contribution < -0.4 is 5.73 Å². The van der Waals surface area contributed by atoms with Gasteiger partial charge < -0.3 is 10.5 Å². The molecule has 1 aliphatic heterocycles. The molecule has 0 spiro atoms. The summed E-state index contributed by atoms with van der Waals surface area (Å²) in [7, 11) is 0. The van der Waals surface area contributed by atoms with E-state index in [0.717, 1.165) is 31.9 Å². The lowest BCUT2D eigenvalue weighted by molar-refractivity contribution is -0.0134. The first-order valence-electron chi connectivity index (χ1n) is 6.42. The van der Waals surface area contributed by atoms with Gasteiger partial charge in [-0.2, -0.15) is 0 Å². The third kappa shape index (κ3) is 2.88. The minimum absolute atomic E-state index is 0.148. The van der Waals surface area contributed by atoms with Crippen LogP contribution in [0.3, 0.4) is 0 Å². The molecule has 1 heterocycles. The molecule has 1 fully saturated rings. The number of ether oxygens (including phenoxy) is 1. The normalized spacial score (nSPS) is 20.6. The Kier molecular flexibility index (Phi) is 4.32. The smallest absolute Gasteiger partial charge is 0.126 e. The molecule has 4 heteroatoms. The molecule has 2 rings (SSSR count). The second-order valence-corrected chi connectivity index (χ2v) is 5.07. The zero-order valence-electron chi connectivity index (χ0n) is 10.9. The maximum absolute atomic E-state index is 13.7. The van der Waals surface area contributed by atoms with Crippen LogP contribution in [0.25, 0.3) is 0 Å². The second kappa shape index (κ2) is 5.78. The van der Waals surface area contributed by atoms with Crippen molar-refractivity contribution in [3.05, 3.63) is 35.6 Å². The van der Waals surface area contributed by atoms with Crippen molar-refractivity contribution >= 4 is 0 Å². The summed E-state index contributed by atoms with van der Waals surface area (Å²) in [5, 5.41) is 0. The van der Waals surface area contributed by atoms with E-state index in [1.54, 1.807) is 6.07 Å². The van der Waals surface area contributed by atoms with Crippen molar-refractivity contribution in [1.29, 1.82) is 0 Å². The molecule has 2 N–H and O–H groups in total. The van der Waals surface area contributed by atoms with Crippen LogP contribution >= 0.6 is 0 Å². The van der Waals surface area contributed by atoms with Gasteiger partial charge in [-0.25, -0.2) is 4.39 Å². The van der Waals surface area contributed by atoms with E-state index in [4.69, 9.17) is 10.5 Å². The van der Waals surface area contributed by atoms with Gasteiger partial charge >= 0.3 is 0 Å². The van der Waals surface area contributed by atoms with Gasteiger partial charge in [0.25, 0.3) is 0 Å². The van der Waals surface area contributed by atoms with E-state index in [-0.39, 0.29) is 11.4 Å². The predicted molar refractivity (Wildman–Crippen MR) is 70.0 cm³/mol. The van der Waals surface area contributed by atoms with Crippen molar-refractivity contribution in [3.63, 3.8) is 0 Å². The molecule has 18 heavy (non-hydrogen) atoms. The average Bonchev–Trinajstić information content (AvgIpc) is 2.42. The summed E-state index contributed by atoms with van der Waals surface area (Å²) in [6.45, 7) is 5.80. The lowest BCUT2D eigenvalue weighted by Gasteiger charge is -2.43. The largest absolute Gasteiger partial charge is 0.379 e. The molecule has 0 aromatic heterocycles. The van der Waals surface area contributed by atoms with E-state index in [9.17, 15) is 4.39 Å². The Labute approximate surface area is 108 Å². The van der Waals surface area contributed by atoms with Gasteiger partial charge in [-0.1, -0.05) is 18.2 Å². The fourth-order valence-electron chi connectivity index (χ4n) is 2.47. The topological polar surface area (TPSA) is 38.5 Å². The molecule has 0 amide bonds. The number of halogens is 1. The van der Waals surface area contributed by atoms with Crippen molar-refractivity contribution in [1.82, 2.24) is 4.90 Å². The summed E-state index contributed by atoms with van der Waals surface area (Å²) in [6, 6.07) is 6.93. The Morgan fingerprint density at radius 3 is 2.61 bits per heavy atom. The molecule has 1 unspecified atom stereocenters. The molecule has 1 atom stereocenters. The van der Waals surface area contributed by atoms with Crippen LogP contribution in [-0.2, 0) is 11.2 Å². The molecule has 3 nitrogen and oxygen atoms in total. The minimum atomic E-state index is -0.202. The third-order valence-electron chi connectivity index (χ3n) is 3.74. The molecule has 1 aliphatic rings. The highest BCUT2D eigenvalue weighted by atomic mass is 19.1. The Morgan fingerprint density at radius 2 is 2.00 bits per heavy atom. The van der Waals surface area contributed by atoms with Gasteiger partial charge in [0.05, 0.1) is 13.2 Å². The van der Waals surface area contributed by atoms with Gasteiger partial charge in [0.15, 0.2) is 0 Å². The van der Waals surface area contributed by atoms with Gasteiger partial charge in [0, 0.05) is 25.2 Å². The highest BCUT2D eigenvalue weighted by molar-refractivity contribution is 5.20. The molecule has 0 radical (unpaired) electrons. The van der Waals surface area contributed by atoms with Gasteiger partial charge in [0.1, 0.15) is 5.82 Å². The molecule has 1 aromatic rings. The molecule has 100 valence electrons. The summed E-state index contributed by atoms with van der Waals surface area (Å²) in [6.07, 6.45) is 0.635. The van der Waals surface area contributed by atoms with E-state index in [1.165, 1.54) is 6.07 Å². The van der Waals surface area contributed by atoms with Crippen molar-refractivity contribution in [2.75, 3.05) is 32.8 Å². The van der Waals surface area contributed by atoms with Crippen LogP contribution in [0.4, 0.5) is 4.39 Å².